The summed E-state index contributed by atoms with van der Waals surface area (Å²) < 4.78 is 0. The zero-order valence-electron chi connectivity index (χ0n) is 30.0. The van der Waals surface area contributed by atoms with Gasteiger partial charge in [0.1, 0.15) is 0 Å². The van der Waals surface area contributed by atoms with Gasteiger partial charge in [-0.3, -0.25) is 0 Å². The molecule has 0 saturated heterocycles. The molecule has 1 aliphatic rings. The second kappa shape index (κ2) is 13.6. The molecule has 1 aliphatic carbocycles. The molecule has 1 atom stereocenters. The molecule has 3 nitrogen and oxygen atoms in total. The number of benzene rings is 8. The van der Waals surface area contributed by atoms with E-state index in [-0.39, 0.29) is 0 Å². The van der Waals surface area contributed by atoms with E-state index in [0.717, 1.165) is 27.8 Å². The van der Waals surface area contributed by atoms with Crippen molar-refractivity contribution < 1.29 is 0 Å². The van der Waals surface area contributed by atoms with Crippen LogP contribution < -0.4 is 0 Å². The van der Waals surface area contributed by atoms with Crippen molar-refractivity contribution >= 4 is 0 Å². The minimum absolute atomic E-state index is 0.495. The average Bonchev–Trinajstić information content (AvgIpc) is 3.58. The van der Waals surface area contributed by atoms with Crippen LogP contribution in [0.25, 0.3) is 67.5 Å². The van der Waals surface area contributed by atoms with E-state index in [1.165, 1.54) is 44.5 Å². The van der Waals surface area contributed by atoms with Gasteiger partial charge in [-0.15, -0.1) is 0 Å². The summed E-state index contributed by atoms with van der Waals surface area (Å²) in [6, 6.07) is 75.5. The predicted molar refractivity (Wildman–Crippen MR) is 224 cm³/mol. The van der Waals surface area contributed by atoms with Gasteiger partial charge in [-0.1, -0.05) is 206 Å². The number of aromatic nitrogens is 3. The van der Waals surface area contributed by atoms with Gasteiger partial charge in [0.05, 0.1) is 5.41 Å². The highest BCUT2D eigenvalue weighted by molar-refractivity contribution is 5.88. The lowest BCUT2D eigenvalue weighted by Gasteiger charge is -2.34. The molecule has 258 valence electrons. The van der Waals surface area contributed by atoms with E-state index in [4.69, 9.17) is 15.0 Å². The van der Waals surface area contributed by atoms with Crippen LogP contribution in [0.15, 0.2) is 212 Å². The summed E-state index contributed by atoms with van der Waals surface area (Å²) in [6.07, 6.45) is 0. The molecule has 1 heterocycles. The monoisotopic (exact) mass is 701 g/mol. The van der Waals surface area contributed by atoms with Crippen LogP contribution in [0.1, 0.15) is 22.3 Å². The molecule has 0 saturated carbocycles. The Bertz CT molecular complexity index is 2710. The first-order valence-electron chi connectivity index (χ1n) is 18.7. The highest BCUT2D eigenvalue weighted by Crippen LogP contribution is 2.56. The smallest absolute Gasteiger partial charge is 0.164 e. The molecule has 1 unspecified atom stereocenters. The lowest BCUT2D eigenvalue weighted by Crippen LogP contribution is -2.28. The molecule has 0 N–H and O–H groups in total. The van der Waals surface area contributed by atoms with E-state index in [1.807, 2.05) is 60.7 Å². The minimum Gasteiger partial charge on any atom is -0.208 e. The molecule has 8 aromatic carbocycles. The molecule has 0 bridgehead atoms. The Morgan fingerprint density at radius 3 is 1.20 bits per heavy atom. The number of hydrogen-bond acceptors (Lipinski definition) is 3. The number of nitrogens with zero attached hydrogens (tertiary/aromatic N) is 3. The standard InChI is InChI=1S/C52H35N3/c1-5-15-36(16-6-1)37-29-32-44(33-30-37)52(43-21-11-4-12-22-43)47-24-14-13-23-45(47)46-34-31-42(35-48(46)52)38-25-27-41(28-26-38)51-54-49(39-17-7-2-8-18-39)53-50(55-51)40-19-9-3-10-20-40/h1-35H. The Balaban J connectivity index is 1.09. The summed E-state index contributed by atoms with van der Waals surface area (Å²) in [5, 5.41) is 0. The summed E-state index contributed by atoms with van der Waals surface area (Å²) in [6.45, 7) is 0. The van der Waals surface area contributed by atoms with Gasteiger partial charge in [-0.25, -0.2) is 15.0 Å². The molecule has 0 fully saturated rings. The Morgan fingerprint density at radius 1 is 0.255 bits per heavy atom. The van der Waals surface area contributed by atoms with Crippen LogP contribution in [-0.4, -0.2) is 15.0 Å². The summed E-state index contributed by atoms with van der Waals surface area (Å²) in [7, 11) is 0. The summed E-state index contributed by atoms with van der Waals surface area (Å²) in [4.78, 5) is 14.8. The molecule has 1 aromatic heterocycles. The SMILES string of the molecule is c1ccc(-c2ccc(C3(c4ccccc4)c4ccccc4-c4ccc(-c5ccc(-c6nc(-c7ccccc7)nc(-c7ccccc7)n6)cc5)cc43)cc2)cc1. The van der Waals surface area contributed by atoms with Crippen LogP contribution in [0.4, 0.5) is 0 Å². The average molecular weight is 702 g/mol. The molecule has 3 heteroatoms. The van der Waals surface area contributed by atoms with E-state index in [0.29, 0.717) is 17.5 Å². The molecule has 0 aliphatic heterocycles. The van der Waals surface area contributed by atoms with Crippen molar-refractivity contribution in [1.82, 2.24) is 15.0 Å². The van der Waals surface area contributed by atoms with Gasteiger partial charge < -0.3 is 0 Å². The van der Waals surface area contributed by atoms with Crippen LogP contribution in [-0.2, 0) is 5.41 Å². The van der Waals surface area contributed by atoms with Gasteiger partial charge in [0, 0.05) is 16.7 Å². The number of hydrogen-bond donors (Lipinski definition) is 0. The topological polar surface area (TPSA) is 38.7 Å². The van der Waals surface area contributed by atoms with Crippen LogP contribution in [0.5, 0.6) is 0 Å². The quantitative estimate of drug-likeness (QED) is 0.166. The van der Waals surface area contributed by atoms with Crippen LogP contribution in [0.3, 0.4) is 0 Å². The fourth-order valence-corrected chi connectivity index (χ4v) is 8.23. The van der Waals surface area contributed by atoms with E-state index >= 15 is 0 Å². The minimum atomic E-state index is -0.495. The second-order valence-electron chi connectivity index (χ2n) is 14.0. The summed E-state index contributed by atoms with van der Waals surface area (Å²) in [5.74, 6) is 1.95. The van der Waals surface area contributed by atoms with Crippen molar-refractivity contribution in [3.63, 3.8) is 0 Å². The lowest BCUT2D eigenvalue weighted by molar-refractivity contribution is 0.769. The molecule has 0 radical (unpaired) electrons. The maximum atomic E-state index is 4.96. The fraction of sp³-hybridized carbons (Fsp3) is 0.0192. The van der Waals surface area contributed by atoms with Gasteiger partial charge in [0.2, 0.25) is 0 Å². The normalized spacial score (nSPS) is 14.3. The third kappa shape index (κ3) is 5.65. The maximum absolute atomic E-state index is 4.96. The van der Waals surface area contributed by atoms with Crippen molar-refractivity contribution in [2.45, 2.75) is 5.41 Å². The van der Waals surface area contributed by atoms with Gasteiger partial charge in [0.25, 0.3) is 0 Å². The molecule has 10 rings (SSSR count). The Labute approximate surface area is 321 Å². The highest BCUT2D eigenvalue weighted by Gasteiger charge is 2.46. The first-order valence-corrected chi connectivity index (χ1v) is 18.7. The van der Waals surface area contributed by atoms with E-state index in [9.17, 15) is 0 Å². The second-order valence-corrected chi connectivity index (χ2v) is 14.0. The van der Waals surface area contributed by atoms with Crippen molar-refractivity contribution in [1.29, 1.82) is 0 Å². The van der Waals surface area contributed by atoms with Gasteiger partial charge in [-0.05, 0) is 61.7 Å². The Morgan fingerprint density at radius 2 is 0.618 bits per heavy atom. The molecular formula is C52H35N3. The van der Waals surface area contributed by atoms with Crippen molar-refractivity contribution in [2.24, 2.45) is 0 Å². The molecular weight excluding hydrogens is 667 g/mol. The largest absolute Gasteiger partial charge is 0.208 e. The van der Waals surface area contributed by atoms with E-state index < -0.39 is 5.41 Å². The number of rotatable bonds is 7. The van der Waals surface area contributed by atoms with Crippen molar-refractivity contribution in [3.05, 3.63) is 235 Å². The molecule has 55 heavy (non-hydrogen) atoms. The summed E-state index contributed by atoms with van der Waals surface area (Å²) in [5.41, 5.74) is 14.7. The first-order chi connectivity index (χ1) is 27.3. The van der Waals surface area contributed by atoms with E-state index in [1.54, 1.807) is 0 Å². The van der Waals surface area contributed by atoms with Crippen LogP contribution in [0.2, 0.25) is 0 Å². The maximum Gasteiger partial charge on any atom is 0.164 e. The third-order valence-electron chi connectivity index (χ3n) is 10.9. The molecule has 0 spiro atoms. The lowest BCUT2D eigenvalue weighted by atomic mass is 9.67. The zero-order chi connectivity index (χ0) is 36.6. The molecule has 9 aromatic rings. The van der Waals surface area contributed by atoms with Crippen molar-refractivity contribution in [2.75, 3.05) is 0 Å². The van der Waals surface area contributed by atoms with Crippen molar-refractivity contribution in [3.8, 4) is 67.5 Å². The Hall–Kier alpha value is -7.23. The highest BCUT2D eigenvalue weighted by atomic mass is 15.0. The zero-order valence-corrected chi connectivity index (χ0v) is 30.0. The fourth-order valence-electron chi connectivity index (χ4n) is 8.23. The van der Waals surface area contributed by atoms with Crippen LogP contribution >= 0.6 is 0 Å². The predicted octanol–water partition coefficient (Wildman–Crippen LogP) is 12.6. The van der Waals surface area contributed by atoms with E-state index in [2.05, 4.69) is 152 Å². The number of fused-ring (bicyclic) bond motifs is 3. The third-order valence-corrected chi connectivity index (χ3v) is 10.9. The Kier molecular flexibility index (Phi) is 8.04. The van der Waals surface area contributed by atoms with Gasteiger partial charge in [-0.2, -0.15) is 0 Å². The van der Waals surface area contributed by atoms with Gasteiger partial charge in [0.15, 0.2) is 17.5 Å². The first kappa shape index (κ1) is 32.4. The molecule has 0 amide bonds. The summed E-state index contributed by atoms with van der Waals surface area (Å²) >= 11 is 0. The van der Waals surface area contributed by atoms with Gasteiger partial charge >= 0.3 is 0 Å². The van der Waals surface area contributed by atoms with Crippen LogP contribution in [0, 0.1) is 0 Å².